The molecule has 96 valence electrons. The number of para-hydroxylation sites is 1. The number of nitrogens with zero attached hydrogens (tertiary/aromatic N) is 1. The van der Waals surface area contributed by atoms with Crippen molar-refractivity contribution >= 4 is 24.1 Å². The van der Waals surface area contributed by atoms with Gasteiger partial charge in [0.2, 0.25) is 0 Å². The van der Waals surface area contributed by atoms with E-state index in [1.54, 1.807) is 12.1 Å². The van der Waals surface area contributed by atoms with Gasteiger partial charge < -0.3 is 4.74 Å². The quantitative estimate of drug-likeness (QED) is 0.455. The molecule has 0 spiro atoms. The predicted octanol–water partition coefficient (Wildman–Crippen LogP) is 2.52. The van der Waals surface area contributed by atoms with Crippen molar-refractivity contribution in [3.05, 3.63) is 52.6 Å². The standard InChI is InChI=1S/C14H13NO3Si/c1-19(2)13-6-4-3-5-11(13)18-12-8-7-10(15(16)17)9-14(12)19/h3-9H,1-2H3. The third-order valence-electron chi connectivity index (χ3n) is 3.63. The predicted molar refractivity (Wildman–Crippen MR) is 76.4 cm³/mol. The summed E-state index contributed by atoms with van der Waals surface area (Å²) in [5.74, 6) is 1.63. The smallest absolute Gasteiger partial charge is 0.269 e. The maximum Gasteiger partial charge on any atom is 0.269 e. The molecule has 0 saturated heterocycles. The van der Waals surface area contributed by atoms with Gasteiger partial charge in [0.1, 0.15) is 19.6 Å². The van der Waals surface area contributed by atoms with Crippen LogP contribution in [0.25, 0.3) is 0 Å². The van der Waals surface area contributed by atoms with E-state index in [9.17, 15) is 10.1 Å². The van der Waals surface area contributed by atoms with E-state index in [0.717, 1.165) is 16.7 Å². The Kier molecular flexibility index (Phi) is 2.46. The first-order valence-electron chi connectivity index (χ1n) is 6.06. The summed E-state index contributed by atoms with van der Waals surface area (Å²) >= 11 is 0. The molecule has 0 radical (unpaired) electrons. The highest BCUT2D eigenvalue weighted by Crippen LogP contribution is 2.30. The minimum absolute atomic E-state index is 0.127. The molecule has 0 unspecified atom stereocenters. The van der Waals surface area contributed by atoms with Crippen molar-refractivity contribution in [3.8, 4) is 11.5 Å². The summed E-state index contributed by atoms with van der Waals surface area (Å²) in [6.45, 7) is 4.38. The molecular weight excluding hydrogens is 258 g/mol. The minimum Gasteiger partial charge on any atom is -0.458 e. The van der Waals surface area contributed by atoms with E-state index in [-0.39, 0.29) is 10.6 Å². The Balaban J connectivity index is 2.23. The molecule has 4 nitrogen and oxygen atoms in total. The second kappa shape index (κ2) is 3.93. The Morgan fingerprint density at radius 3 is 2.47 bits per heavy atom. The van der Waals surface area contributed by atoms with E-state index in [1.807, 2.05) is 18.2 Å². The zero-order valence-corrected chi connectivity index (χ0v) is 11.7. The van der Waals surface area contributed by atoms with Crippen molar-refractivity contribution in [2.75, 3.05) is 0 Å². The Hall–Kier alpha value is -2.14. The molecule has 0 saturated carbocycles. The zero-order valence-electron chi connectivity index (χ0n) is 10.7. The van der Waals surface area contributed by atoms with E-state index in [4.69, 9.17) is 4.74 Å². The summed E-state index contributed by atoms with van der Waals surface area (Å²) < 4.78 is 5.86. The third kappa shape index (κ3) is 1.74. The van der Waals surface area contributed by atoms with Gasteiger partial charge in [0.15, 0.2) is 0 Å². The van der Waals surface area contributed by atoms with Crippen LogP contribution in [-0.2, 0) is 0 Å². The van der Waals surface area contributed by atoms with Crippen LogP contribution in [0.4, 0.5) is 5.69 Å². The number of rotatable bonds is 1. The van der Waals surface area contributed by atoms with Gasteiger partial charge in [-0.05, 0) is 22.5 Å². The van der Waals surface area contributed by atoms with Crippen LogP contribution in [-0.4, -0.2) is 13.0 Å². The number of ether oxygens (including phenoxy) is 1. The summed E-state index contributed by atoms with van der Waals surface area (Å²) in [4.78, 5) is 10.6. The maximum atomic E-state index is 10.9. The van der Waals surface area contributed by atoms with Crippen molar-refractivity contribution in [2.45, 2.75) is 13.1 Å². The number of hydrogen-bond donors (Lipinski definition) is 0. The Morgan fingerprint density at radius 1 is 1.05 bits per heavy atom. The van der Waals surface area contributed by atoms with Gasteiger partial charge in [-0.15, -0.1) is 0 Å². The highest BCUT2D eigenvalue weighted by atomic mass is 28.3. The molecule has 1 heterocycles. The largest absolute Gasteiger partial charge is 0.458 e. The topological polar surface area (TPSA) is 52.4 Å². The lowest BCUT2D eigenvalue weighted by Crippen LogP contribution is -2.55. The van der Waals surface area contributed by atoms with Gasteiger partial charge in [0.05, 0.1) is 4.92 Å². The number of hydrogen-bond acceptors (Lipinski definition) is 3. The van der Waals surface area contributed by atoms with E-state index in [1.165, 1.54) is 11.3 Å². The van der Waals surface area contributed by atoms with Gasteiger partial charge in [-0.25, -0.2) is 0 Å². The highest BCUT2D eigenvalue weighted by molar-refractivity contribution is 7.01. The number of nitro groups is 1. The molecule has 0 amide bonds. The fourth-order valence-corrected chi connectivity index (χ4v) is 5.36. The fourth-order valence-electron chi connectivity index (χ4n) is 2.54. The number of benzene rings is 2. The van der Waals surface area contributed by atoms with Gasteiger partial charge in [-0.1, -0.05) is 31.3 Å². The number of non-ortho nitro benzene ring substituents is 1. The molecule has 2 aromatic rings. The average Bonchev–Trinajstić information content (AvgIpc) is 2.38. The molecule has 0 N–H and O–H groups in total. The van der Waals surface area contributed by atoms with Crippen LogP contribution in [0, 0.1) is 10.1 Å². The highest BCUT2D eigenvalue weighted by Gasteiger charge is 2.37. The molecule has 0 fully saturated rings. The summed E-state index contributed by atoms with van der Waals surface area (Å²) in [5.41, 5.74) is 0.127. The zero-order chi connectivity index (χ0) is 13.6. The van der Waals surface area contributed by atoms with Gasteiger partial charge >= 0.3 is 0 Å². The number of nitro benzene ring substituents is 1. The Bertz CT molecular complexity index is 682. The molecule has 0 aromatic heterocycles. The van der Waals surface area contributed by atoms with Crippen molar-refractivity contribution in [1.82, 2.24) is 0 Å². The molecule has 0 atom stereocenters. The van der Waals surface area contributed by atoms with E-state index in [2.05, 4.69) is 19.2 Å². The van der Waals surface area contributed by atoms with Crippen LogP contribution in [0.2, 0.25) is 13.1 Å². The summed E-state index contributed by atoms with van der Waals surface area (Å²) in [7, 11) is -1.94. The minimum atomic E-state index is -1.94. The first kappa shape index (κ1) is 11.9. The molecule has 1 aliphatic rings. The molecule has 19 heavy (non-hydrogen) atoms. The van der Waals surface area contributed by atoms with Crippen LogP contribution in [0.3, 0.4) is 0 Å². The normalized spacial score (nSPS) is 15.1. The molecule has 1 aliphatic heterocycles. The van der Waals surface area contributed by atoms with Crippen LogP contribution < -0.4 is 15.1 Å². The summed E-state index contributed by atoms with van der Waals surface area (Å²) in [6.07, 6.45) is 0. The second-order valence-electron chi connectivity index (χ2n) is 5.16. The lowest BCUT2D eigenvalue weighted by molar-refractivity contribution is -0.384. The second-order valence-corrected chi connectivity index (χ2v) is 9.49. The van der Waals surface area contributed by atoms with Crippen molar-refractivity contribution in [1.29, 1.82) is 0 Å². The maximum absolute atomic E-state index is 10.9. The lowest BCUT2D eigenvalue weighted by Gasteiger charge is -2.32. The first-order valence-corrected chi connectivity index (χ1v) is 9.06. The van der Waals surface area contributed by atoms with E-state index < -0.39 is 8.07 Å². The van der Waals surface area contributed by atoms with Gasteiger partial charge in [0, 0.05) is 12.1 Å². The first-order chi connectivity index (χ1) is 9.00. The van der Waals surface area contributed by atoms with Crippen LogP contribution in [0.5, 0.6) is 11.5 Å². The Labute approximate surface area is 111 Å². The summed E-state index contributed by atoms with van der Waals surface area (Å²) in [6, 6.07) is 12.8. The molecule has 2 aromatic carbocycles. The SMILES string of the molecule is C[Si]1(C)c2ccccc2Oc2ccc([N+](=O)[O-])cc21. The van der Waals surface area contributed by atoms with E-state index in [0.29, 0.717) is 0 Å². The monoisotopic (exact) mass is 271 g/mol. The summed E-state index contributed by atoms with van der Waals surface area (Å²) in [5, 5.41) is 13.1. The third-order valence-corrected chi connectivity index (χ3v) is 7.12. The van der Waals surface area contributed by atoms with Crippen molar-refractivity contribution in [2.24, 2.45) is 0 Å². The number of fused-ring (bicyclic) bond motifs is 2. The molecular formula is C14H13NO3Si. The average molecular weight is 271 g/mol. The van der Waals surface area contributed by atoms with E-state index >= 15 is 0 Å². The molecule has 5 heteroatoms. The molecule has 3 rings (SSSR count). The molecule has 0 aliphatic carbocycles. The van der Waals surface area contributed by atoms with Crippen molar-refractivity contribution in [3.63, 3.8) is 0 Å². The van der Waals surface area contributed by atoms with Crippen LogP contribution in [0.15, 0.2) is 42.5 Å². The Morgan fingerprint density at radius 2 is 1.74 bits per heavy atom. The van der Waals surface area contributed by atoms with Gasteiger partial charge in [-0.3, -0.25) is 10.1 Å². The van der Waals surface area contributed by atoms with Crippen LogP contribution in [0.1, 0.15) is 0 Å². The van der Waals surface area contributed by atoms with Gasteiger partial charge in [-0.2, -0.15) is 0 Å². The molecule has 0 bridgehead atoms. The van der Waals surface area contributed by atoms with Crippen molar-refractivity contribution < 1.29 is 9.66 Å². The fraction of sp³-hybridized carbons (Fsp3) is 0.143. The van der Waals surface area contributed by atoms with Gasteiger partial charge in [0.25, 0.3) is 5.69 Å². The van der Waals surface area contributed by atoms with Crippen LogP contribution >= 0.6 is 0 Å². The lowest BCUT2D eigenvalue weighted by atomic mass is 10.3.